The Hall–Kier alpha value is -1.06. The van der Waals surface area contributed by atoms with E-state index in [1.54, 1.807) is 6.07 Å². The maximum absolute atomic E-state index is 12.5. The Balaban J connectivity index is 2.05. The molecule has 0 aliphatic heterocycles. The zero-order valence-electron chi connectivity index (χ0n) is 12.1. The van der Waals surface area contributed by atoms with Crippen LogP contribution in [0.15, 0.2) is 18.2 Å². The molecule has 1 fully saturated rings. The van der Waals surface area contributed by atoms with Crippen molar-refractivity contribution in [3.8, 4) is 0 Å². The minimum Gasteiger partial charge on any atom is -0.396 e. The summed E-state index contributed by atoms with van der Waals surface area (Å²) in [6, 6.07) is 5.73. The minimum absolute atomic E-state index is 0.0306. The number of hydrogen-bond donors (Lipinski definition) is 1. The molecule has 1 aliphatic carbocycles. The summed E-state index contributed by atoms with van der Waals surface area (Å²) in [4.78, 5) is 14.3. The van der Waals surface area contributed by atoms with E-state index in [4.69, 9.17) is 16.7 Å². The van der Waals surface area contributed by atoms with Crippen molar-refractivity contribution >= 4 is 17.5 Å². The first-order valence-electron chi connectivity index (χ1n) is 7.16. The molecule has 3 nitrogen and oxygen atoms in total. The van der Waals surface area contributed by atoms with Crippen LogP contribution in [-0.4, -0.2) is 35.6 Å². The molecular formula is C16H22ClNO2. The molecule has 1 aliphatic rings. The fourth-order valence-electron chi connectivity index (χ4n) is 2.94. The van der Waals surface area contributed by atoms with E-state index in [9.17, 15) is 4.79 Å². The number of aliphatic hydroxyl groups is 1. The zero-order chi connectivity index (χ0) is 14.7. The average molecular weight is 296 g/mol. The Morgan fingerprint density at radius 2 is 1.95 bits per heavy atom. The minimum atomic E-state index is 0.0306. The molecule has 0 unspecified atom stereocenters. The maximum atomic E-state index is 12.5. The van der Waals surface area contributed by atoms with Gasteiger partial charge in [-0.2, -0.15) is 0 Å². The summed E-state index contributed by atoms with van der Waals surface area (Å²) in [5.41, 5.74) is 1.65. The van der Waals surface area contributed by atoms with Crippen LogP contribution >= 0.6 is 11.6 Å². The van der Waals surface area contributed by atoms with Gasteiger partial charge in [0.15, 0.2) is 0 Å². The summed E-state index contributed by atoms with van der Waals surface area (Å²) >= 11 is 6.02. The fourth-order valence-corrected chi connectivity index (χ4v) is 3.23. The summed E-state index contributed by atoms with van der Waals surface area (Å²) in [7, 11) is 1.86. The Labute approximate surface area is 125 Å². The Morgan fingerprint density at radius 3 is 2.50 bits per heavy atom. The number of rotatable bonds is 3. The van der Waals surface area contributed by atoms with Gasteiger partial charge in [0.05, 0.1) is 0 Å². The maximum Gasteiger partial charge on any atom is 0.253 e. The highest BCUT2D eigenvalue weighted by Crippen LogP contribution is 2.27. The van der Waals surface area contributed by atoms with Crippen LogP contribution in [0.5, 0.6) is 0 Å². The van der Waals surface area contributed by atoms with Crippen LogP contribution < -0.4 is 0 Å². The first kappa shape index (κ1) is 15.3. The standard InChI is InChI=1S/C16H22ClNO2/c1-11-7-13(9-14(17)8-11)16(20)18(2)15-5-3-12(10-19)4-6-15/h7-9,12,15,19H,3-6,10H2,1-2H3. The second-order valence-corrected chi connectivity index (χ2v) is 6.23. The van der Waals surface area contributed by atoms with E-state index in [1.165, 1.54) is 0 Å². The third-order valence-corrected chi connectivity index (χ3v) is 4.45. The monoisotopic (exact) mass is 295 g/mol. The zero-order valence-corrected chi connectivity index (χ0v) is 12.9. The van der Waals surface area contributed by atoms with Crippen molar-refractivity contribution < 1.29 is 9.90 Å². The van der Waals surface area contributed by atoms with Gasteiger partial charge in [-0.1, -0.05) is 11.6 Å². The van der Waals surface area contributed by atoms with Gasteiger partial charge in [-0.3, -0.25) is 4.79 Å². The third-order valence-electron chi connectivity index (χ3n) is 4.23. The summed E-state index contributed by atoms with van der Waals surface area (Å²) in [6.07, 6.45) is 3.92. The first-order valence-corrected chi connectivity index (χ1v) is 7.54. The fraction of sp³-hybridized carbons (Fsp3) is 0.562. The molecule has 1 amide bonds. The molecule has 0 spiro atoms. The lowest BCUT2D eigenvalue weighted by Gasteiger charge is -2.34. The van der Waals surface area contributed by atoms with Gasteiger partial charge in [0, 0.05) is 30.3 Å². The lowest BCUT2D eigenvalue weighted by molar-refractivity contribution is 0.0652. The van der Waals surface area contributed by atoms with Crippen molar-refractivity contribution in [3.05, 3.63) is 34.3 Å². The van der Waals surface area contributed by atoms with Crippen molar-refractivity contribution in [1.29, 1.82) is 0 Å². The van der Waals surface area contributed by atoms with Gasteiger partial charge < -0.3 is 10.0 Å². The molecule has 20 heavy (non-hydrogen) atoms. The summed E-state index contributed by atoms with van der Waals surface area (Å²) in [6.45, 7) is 2.20. The normalized spacial score (nSPS) is 22.6. The first-order chi connectivity index (χ1) is 9.51. The number of nitrogens with zero attached hydrogens (tertiary/aromatic N) is 1. The second kappa shape index (κ2) is 6.59. The number of amides is 1. The number of hydrogen-bond acceptors (Lipinski definition) is 2. The van der Waals surface area contributed by atoms with Gasteiger partial charge in [0.25, 0.3) is 5.91 Å². The van der Waals surface area contributed by atoms with Crippen LogP contribution in [0.2, 0.25) is 5.02 Å². The van der Waals surface area contributed by atoms with Gasteiger partial charge in [-0.25, -0.2) is 0 Å². The Bertz CT molecular complexity index is 461. The molecule has 0 bridgehead atoms. The number of carbonyl (C=O) groups excluding carboxylic acids is 1. The smallest absolute Gasteiger partial charge is 0.253 e. The quantitative estimate of drug-likeness (QED) is 0.930. The van der Waals surface area contributed by atoms with Crippen molar-refractivity contribution in [2.75, 3.05) is 13.7 Å². The Kier molecular flexibility index (Phi) is 5.06. The van der Waals surface area contributed by atoms with Gasteiger partial charge >= 0.3 is 0 Å². The van der Waals surface area contributed by atoms with E-state index in [1.807, 2.05) is 31.0 Å². The molecule has 1 aromatic rings. The molecule has 0 atom stereocenters. The van der Waals surface area contributed by atoms with Gasteiger partial charge in [-0.05, 0) is 62.3 Å². The molecule has 1 aromatic carbocycles. The summed E-state index contributed by atoms with van der Waals surface area (Å²) < 4.78 is 0. The molecule has 0 heterocycles. The third kappa shape index (κ3) is 3.53. The molecule has 110 valence electrons. The predicted molar refractivity (Wildman–Crippen MR) is 81.1 cm³/mol. The van der Waals surface area contributed by atoms with E-state index >= 15 is 0 Å². The van der Waals surface area contributed by atoms with Crippen molar-refractivity contribution in [3.63, 3.8) is 0 Å². The van der Waals surface area contributed by atoms with E-state index in [2.05, 4.69) is 0 Å². The number of halogens is 1. The predicted octanol–water partition coefficient (Wildman–Crippen LogP) is 3.27. The molecule has 2 rings (SSSR count). The van der Waals surface area contributed by atoms with E-state index < -0.39 is 0 Å². The topological polar surface area (TPSA) is 40.5 Å². The van der Waals surface area contributed by atoms with E-state index in [0.717, 1.165) is 31.2 Å². The number of carbonyl (C=O) groups is 1. The van der Waals surface area contributed by atoms with E-state index in [-0.39, 0.29) is 18.6 Å². The molecular weight excluding hydrogens is 274 g/mol. The molecule has 0 saturated heterocycles. The van der Waals surface area contributed by atoms with Crippen LogP contribution in [0.25, 0.3) is 0 Å². The Morgan fingerprint density at radius 1 is 1.30 bits per heavy atom. The number of aliphatic hydroxyl groups excluding tert-OH is 1. The molecule has 0 radical (unpaired) electrons. The van der Waals surface area contributed by atoms with Gasteiger partial charge in [0.1, 0.15) is 0 Å². The largest absolute Gasteiger partial charge is 0.396 e. The second-order valence-electron chi connectivity index (χ2n) is 5.79. The molecule has 4 heteroatoms. The lowest BCUT2D eigenvalue weighted by Crippen LogP contribution is -2.39. The summed E-state index contributed by atoms with van der Waals surface area (Å²) in [5, 5.41) is 9.77. The van der Waals surface area contributed by atoms with Crippen molar-refractivity contribution in [1.82, 2.24) is 4.90 Å². The van der Waals surface area contributed by atoms with Crippen molar-refractivity contribution in [2.45, 2.75) is 38.6 Å². The highest BCUT2D eigenvalue weighted by molar-refractivity contribution is 6.31. The van der Waals surface area contributed by atoms with Crippen LogP contribution in [0.4, 0.5) is 0 Å². The molecule has 0 aromatic heterocycles. The lowest BCUT2D eigenvalue weighted by atomic mass is 9.86. The van der Waals surface area contributed by atoms with E-state index in [0.29, 0.717) is 16.5 Å². The average Bonchev–Trinajstić information content (AvgIpc) is 2.45. The van der Waals surface area contributed by atoms with Crippen molar-refractivity contribution in [2.24, 2.45) is 5.92 Å². The van der Waals surface area contributed by atoms with Gasteiger partial charge in [0.2, 0.25) is 0 Å². The van der Waals surface area contributed by atoms with Crippen LogP contribution in [-0.2, 0) is 0 Å². The number of aryl methyl sites for hydroxylation is 1. The molecule has 1 saturated carbocycles. The highest BCUT2D eigenvalue weighted by Gasteiger charge is 2.26. The highest BCUT2D eigenvalue weighted by atomic mass is 35.5. The SMILES string of the molecule is Cc1cc(Cl)cc(C(=O)N(C)C2CCC(CO)CC2)c1. The summed E-state index contributed by atoms with van der Waals surface area (Å²) in [5.74, 6) is 0.436. The van der Waals surface area contributed by atoms with Crippen LogP contribution in [0.1, 0.15) is 41.6 Å². The van der Waals surface area contributed by atoms with Gasteiger partial charge in [-0.15, -0.1) is 0 Å². The number of benzene rings is 1. The van der Waals surface area contributed by atoms with Crippen LogP contribution in [0, 0.1) is 12.8 Å². The van der Waals surface area contributed by atoms with Crippen LogP contribution in [0.3, 0.4) is 0 Å². The molecule has 1 N–H and O–H groups in total.